The smallest absolute Gasteiger partial charge is 0.257 e. The zero-order chi connectivity index (χ0) is 20.8. The lowest BCUT2D eigenvalue weighted by molar-refractivity contribution is -0.115. The molecule has 0 aliphatic heterocycles. The number of hydrogen-bond donors (Lipinski definition) is 2. The van der Waals surface area contributed by atoms with Gasteiger partial charge in [0.25, 0.3) is 5.91 Å². The van der Waals surface area contributed by atoms with Gasteiger partial charge in [0, 0.05) is 28.8 Å². The van der Waals surface area contributed by atoms with Crippen molar-refractivity contribution >= 4 is 50.7 Å². The summed E-state index contributed by atoms with van der Waals surface area (Å²) in [5.41, 5.74) is 1.28. The minimum atomic E-state index is -0.382. The molecular weight excluding hydrogens is 458 g/mol. The molecule has 0 fully saturated rings. The molecule has 0 aliphatic rings. The summed E-state index contributed by atoms with van der Waals surface area (Å²) in [7, 11) is 0. The Kier molecular flexibility index (Phi) is 6.85. The first kappa shape index (κ1) is 20.8. The van der Waals surface area contributed by atoms with Gasteiger partial charge in [0.1, 0.15) is 5.75 Å². The minimum Gasteiger partial charge on any atom is -0.439 e. The normalized spacial score (nSPS) is 10.3. The molecule has 0 atom stereocenters. The van der Waals surface area contributed by atoms with Crippen LogP contribution in [0.4, 0.5) is 11.4 Å². The highest BCUT2D eigenvalue weighted by molar-refractivity contribution is 9.10. The van der Waals surface area contributed by atoms with Crippen LogP contribution >= 0.6 is 27.5 Å². The van der Waals surface area contributed by atoms with Gasteiger partial charge in [-0.25, -0.2) is 4.98 Å². The topological polar surface area (TPSA) is 80.3 Å². The number of carbonyl (C=O) groups is 2. The van der Waals surface area contributed by atoms with Gasteiger partial charge < -0.3 is 15.4 Å². The maximum absolute atomic E-state index is 12.5. The van der Waals surface area contributed by atoms with Gasteiger partial charge >= 0.3 is 0 Å². The number of pyridine rings is 1. The van der Waals surface area contributed by atoms with Crippen molar-refractivity contribution in [2.45, 2.75) is 13.3 Å². The molecule has 0 saturated carbocycles. The number of rotatable bonds is 6. The van der Waals surface area contributed by atoms with Gasteiger partial charge in [0.05, 0.1) is 16.3 Å². The van der Waals surface area contributed by atoms with Crippen LogP contribution in [0, 0.1) is 0 Å². The van der Waals surface area contributed by atoms with Crippen LogP contribution in [0.25, 0.3) is 0 Å². The second-order valence-corrected chi connectivity index (χ2v) is 7.32. The summed E-state index contributed by atoms with van der Waals surface area (Å²) in [4.78, 5) is 28.2. The van der Waals surface area contributed by atoms with E-state index in [-0.39, 0.29) is 11.8 Å². The van der Waals surface area contributed by atoms with E-state index in [1.165, 1.54) is 6.20 Å². The van der Waals surface area contributed by atoms with Crippen LogP contribution in [-0.2, 0) is 4.79 Å². The Morgan fingerprint density at radius 3 is 2.62 bits per heavy atom. The van der Waals surface area contributed by atoms with Crippen molar-refractivity contribution in [1.82, 2.24) is 4.98 Å². The number of carbonyl (C=O) groups excluding carboxylic acids is 2. The van der Waals surface area contributed by atoms with E-state index >= 15 is 0 Å². The predicted molar refractivity (Wildman–Crippen MR) is 117 cm³/mol. The van der Waals surface area contributed by atoms with Crippen molar-refractivity contribution in [3.8, 4) is 11.6 Å². The number of halogens is 2. The first-order valence-electron chi connectivity index (χ1n) is 8.75. The van der Waals surface area contributed by atoms with Crippen molar-refractivity contribution in [2.75, 3.05) is 10.6 Å². The quantitative estimate of drug-likeness (QED) is 0.467. The molecule has 3 aromatic rings. The first-order chi connectivity index (χ1) is 13.9. The van der Waals surface area contributed by atoms with E-state index in [1.807, 2.05) is 18.2 Å². The fourth-order valence-electron chi connectivity index (χ4n) is 2.37. The third kappa shape index (κ3) is 5.79. The number of benzene rings is 2. The highest BCUT2D eigenvalue weighted by atomic mass is 79.9. The molecule has 2 N–H and O–H groups in total. The van der Waals surface area contributed by atoms with E-state index in [4.69, 9.17) is 16.3 Å². The zero-order valence-electron chi connectivity index (χ0n) is 15.4. The molecule has 0 unspecified atom stereocenters. The first-order valence-corrected chi connectivity index (χ1v) is 9.92. The number of ether oxygens (including phenoxy) is 1. The molecule has 2 amide bonds. The summed E-state index contributed by atoms with van der Waals surface area (Å²) in [5, 5.41) is 5.81. The van der Waals surface area contributed by atoms with Gasteiger partial charge in [-0.05, 0) is 42.5 Å². The van der Waals surface area contributed by atoms with Crippen LogP contribution in [0.3, 0.4) is 0 Å². The number of nitrogens with zero attached hydrogens (tertiary/aromatic N) is 1. The molecule has 1 heterocycles. The summed E-state index contributed by atoms with van der Waals surface area (Å²) < 4.78 is 6.55. The molecule has 3 rings (SSSR count). The summed E-state index contributed by atoms with van der Waals surface area (Å²) in [6.45, 7) is 1.75. The lowest BCUT2D eigenvalue weighted by atomic mass is 10.2. The molecule has 29 heavy (non-hydrogen) atoms. The molecule has 0 saturated heterocycles. The SMILES string of the molecule is CCC(=O)Nc1ccc(Cl)c(NC(=O)c2ccc(Oc3cccc(Br)c3)nc2)c1. The van der Waals surface area contributed by atoms with Gasteiger partial charge in [-0.2, -0.15) is 0 Å². The maximum atomic E-state index is 12.5. The largest absolute Gasteiger partial charge is 0.439 e. The van der Waals surface area contributed by atoms with Crippen LogP contribution in [0.2, 0.25) is 5.02 Å². The molecule has 0 radical (unpaired) electrons. The molecule has 0 aliphatic carbocycles. The van der Waals surface area contributed by atoms with Crippen LogP contribution in [0.1, 0.15) is 23.7 Å². The van der Waals surface area contributed by atoms with Gasteiger partial charge in [0.15, 0.2) is 0 Å². The Balaban J connectivity index is 1.69. The third-order valence-electron chi connectivity index (χ3n) is 3.84. The van der Waals surface area contributed by atoms with Crippen LogP contribution in [0.15, 0.2) is 65.3 Å². The second-order valence-electron chi connectivity index (χ2n) is 6.00. The Labute approximate surface area is 181 Å². The average Bonchev–Trinajstić information content (AvgIpc) is 2.71. The molecule has 148 valence electrons. The Bertz CT molecular complexity index is 1040. The van der Waals surface area contributed by atoms with Gasteiger partial charge in [-0.15, -0.1) is 0 Å². The number of hydrogen-bond acceptors (Lipinski definition) is 4. The van der Waals surface area contributed by atoms with E-state index in [0.717, 1.165) is 4.47 Å². The summed E-state index contributed by atoms with van der Waals surface area (Å²) >= 11 is 9.54. The molecule has 6 nitrogen and oxygen atoms in total. The van der Waals surface area contributed by atoms with Crippen molar-refractivity contribution in [1.29, 1.82) is 0 Å². The van der Waals surface area contributed by atoms with E-state index in [9.17, 15) is 9.59 Å². The third-order valence-corrected chi connectivity index (χ3v) is 4.66. The second kappa shape index (κ2) is 9.54. The summed E-state index contributed by atoms with van der Waals surface area (Å²) in [6, 6.07) is 15.4. The van der Waals surface area contributed by atoms with Crippen molar-refractivity contribution in [3.05, 3.63) is 75.9 Å². The van der Waals surface area contributed by atoms with Gasteiger partial charge in [-0.1, -0.05) is 40.5 Å². The van der Waals surface area contributed by atoms with Crippen molar-refractivity contribution in [3.63, 3.8) is 0 Å². The van der Waals surface area contributed by atoms with E-state index in [2.05, 4.69) is 31.5 Å². The highest BCUT2D eigenvalue weighted by Gasteiger charge is 2.11. The Morgan fingerprint density at radius 2 is 1.93 bits per heavy atom. The standard InChI is InChI=1S/C21H17BrClN3O3/c1-2-19(27)25-15-7-8-17(23)18(11-15)26-21(28)13-6-9-20(24-12-13)29-16-5-3-4-14(22)10-16/h3-12H,2H2,1H3,(H,25,27)(H,26,28). The fraction of sp³-hybridized carbons (Fsp3) is 0.0952. The number of amides is 2. The number of anilines is 2. The molecule has 0 spiro atoms. The average molecular weight is 475 g/mol. The van der Waals surface area contributed by atoms with Crippen LogP contribution < -0.4 is 15.4 Å². The van der Waals surface area contributed by atoms with Crippen LogP contribution in [-0.4, -0.2) is 16.8 Å². The highest BCUT2D eigenvalue weighted by Crippen LogP contribution is 2.27. The minimum absolute atomic E-state index is 0.130. The van der Waals surface area contributed by atoms with E-state index in [1.54, 1.807) is 43.3 Å². The predicted octanol–water partition coefficient (Wildman–Crippen LogP) is 5.89. The molecule has 2 aromatic carbocycles. The van der Waals surface area contributed by atoms with Gasteiger partial charge in [-0.3, -0.25) is 9.59 Å². The Hall–Kier alpha value is -2.90. The van der Waals surface area contributed by atoms with Gasteiger partial charge in [0.2, 0.25) is 11.8 Å². The molecule has 1 aromatic heterocycles. The van der Waals surface area contributed by atoms with Crippen molar-refractivity contribution in [2.24, 2.45) is 0 Å². The Morgan fingerprint density at radius 1 is 1.10 bits per heavy atom. The maximum Gasteiger partial charge on any atom is 0.257 e. The molecule has 0 bridgehead atoms. The number of nitrogens with one attached hydrogen (secondary N) is 2. The summed E-state index contributed by atoms with van der Waals surface area (Å²) in [5.74, 6) is 0.478. The monoisotopic (exact) mass is 473 g/mol. The lowest BCUT2D eigenvalue weighted by Gasteiger charge is -2.11. The lowest BCUT2D eigenvalue weighted by Crippen LogP contribution is -2.14. The van der Waals surface area contributed by atoms with Crippen LogP contribution in [0.5, 0.6) is 11.6 Å². The summed E-state index contributed by atoms with van der Waals surface area (Å²) in [6.07, 6.45) is 1.77. The molecular formula is C21H17BrClN3O3. The number of aromatic nitrogens is 1. The zero-order valence-corrected chi connectivity index (χ0v) is 17.8. The van der Waals surface area contributed by atoms with E-state index < -0.39 is 0 Å². The molecule has 8 heteroatoms. The fourth-order valence-corrected chi connectivity index (χ4v) is 2.91. The van der Waals surface area contributed by atoms with E-state index in [0.29, 0.717) is 40.0 Å². The van der Waals surface area contributed by atoms with Crippen molar-refractivity contribution < 1.29 is 14.3 Å².